The van der Waals surface area contributed by atoms with E-state index in [2.05, 4.69) is 16.0 Å². The van der Waals surface area contributed by atoms with Crippen LogP contribution in [0.1, 0.15) is 29.6 Å². The van der Waals surface area contributed by atoms with E-state index >= 15 is 0 Å². The van der Waals surface area contributed by atoms with E-state index in [-0.39, 0.29) is 27.9 Å². The summed E-state index contributed by atoms with van der Waals surface area (Å²) in [7, 11) is 0. The minimum atomic E-state index is -1.12. The molecule has 0 unspecified atom stereocenters. The van der Waals surface area contributed by atoms with Crippen LogP contribution in [0.4, 0.5) is 25.8 Å². The normalized spacial score (nSPS) is 18.6. The van der Waals surface area contributed by atoms with Crippen LogP contribution in [-0.2, 0) is 9.59 Å². The molecule has 4 rings (SSSR count). The van der Waals surface area contributed by atoms with Gasteiger partial charge in [-0.3, -0.25) is 14.4 Å². The van der Waals surface area contributed by atoms with Crippen molar-refractivity contribution in [2.45, 2.75) is 23.6 Å². The Labute approximate surface area is 196 Å². The Morgan fingerprint density at radius 2 is 1.66 bits per heavy atom. The molecule has 0 saturated heterocycles. The van der Waals surface area contributed by atoms with Crippen molar-refractivity contribution in [3.05, 3.63) is 52.6 Å². The first-order chi connectivity index (χ1) is 15.1. The maximum Gasteiger partial charge on any atom is 0.257 e. The minimum absolute atomic E-state index is 0.0423. The van der Waals surface area contributed by atoms with Crippen molar-refractivity contribution in [2.75, 3.05) is 16.0 Å². The number of halogens is 5. The largest absolute Gasteiger partial charge is 0.326 e. The maximum atomic E-state index is 14.8. The Morgan fingerprint density at radius 1 is 0.969 bits per heavy atom. The number of anilines is 3. The lowest BCUT2D eigenvalue weighted by Gasteiger charge is -2.13. The first-order valence-corrected chi connectivity index (χ1v) is 10.8. The van der Waals surface area contributed by atoms with E-state index in [0.717, 1.165) is 12.1 Å². The van der Waals surface area contributed by atoms with Crippen LogP contribution < -0.4 is 16.0 Å². The molecule has 3 amide bonds. The Hall–Kier alpha value is -2.42. The van der Waals surface area contributed by atoms with Crippen LogP contribution in [0.3, 0.4) is 0 Å². The van der Waals surface area contributed by atoms with Crippen LogP contribution in [0, 0.1) is 23.5 Å². The molecule has 0 spiro atoms. The number of rotatable bonds is 6. The van der Waals surface area contributed by atoms with Crippen LogP contribution in [0.2, 0.25) is 5.02 Å². The first-order valence-electron chi connectivity index (χ1n) is 9.65. The fraction of sp³-hybridized carbons (Fsp3) is 0.286. The van der Waals surface area contributed by atoms with Gasteiger partial charge in [-0.2, -0.15) is 0 Å². The zero-order valence-corrected chi connectivity index (χ0v) is 18.5. The van der Waals surface area contributed by atoms with E-state index < -0.39 is 45.3 Å². The number of benzene rings is 2. The van der Waals surface area contributed by atoms with E-state index in [1.807, 2.05) is 0 Å². The highest BCUT2D eigenvalue weighted by Crippen LogP contribution is 2.53. The maximum absolute atomic E-state index is 14.8. The number of hydrogen-bond donors (Lipinski definition) is 3. The smallest absolute Gasteiger partial charge is 0.257 e. The second-order valence-electron chi connectivity index (χ2n) is 7.70. The molecule has 0 heterocycles. The van der Waals surface area contributed by atoms with Gasteiger partial charge in [0.2, 0.25) is 11.8 Å². The van der Waals surface area contributed by atoms with Crippen molar-refractivity contribution in [1.82, 2.24) is 0 Å². The lowest BCUT2D eigenvalue weighted by Crippen LogP contribution is -2.19. The molecular formula is C21H16Cl3F2N3O3. The number of hydrogen-bond acceptors (Lipinski definition) is 3. The summed E-state index contributed by atoms with van der Waals surface area (Å²) in [6, 6.07) is 6.13. The number of carbonyl (C=O) groups is 3. The molecule has 2 fully saturated rings. The fourth-order valence-corrected chi connectivity index (χ4v) is 3.74. The van der Waals surface area contributed by atoms with Crippen molar-refractivity contribution >= 4 is 69.6 Å². The Bertz CT molecular complexity index is 1140. The van der Waals surface area contributed by atoms with Crippen molar-refractivity contribution in [3.63, 3.8) is 0 Å². The minimum Gasteiger partial charge on any atom is -0.326 e. The third-order valence-corrected chi connectivity index (χ3v) is 6.32. The summed E-state index contributed by atoms with van der Waals surface area (Å²) >= 11 is 17.9. The van der Waals surface area contributed by atoms with E-state index in [1.165, 1.54) is 18.2 Å². The van der Waals surface area contributed by atoms with Crippen LogP contribution >= 0.6 is 34.8 Å². The molecular weight excluding hydrogens is 487 g/mol. The standard InChI is InChI=1S/C21H16Cl3F2N3O3/c22-13-4-3-10(27-20(32)12-8-21(12,23)24)7-11(13)19(31)28-15-6-5-14(25)17(16(15)26)29-18(30)9-1-2-9/h3-7,9,12H,1-2,8H2,(H,27,32)(H,28,31)(H,29,30)/t12-/m1/s1. The number of carbonyl (C=O) groups excluding carboxylic acids is 3. The molecule has 2 saturated carbocycles. The van der Waals surface area contributed by atoms with Crippen LogP contribution in [-0.4, -0.2) is 22.1 Å². The molecule has 2 aliphatic carbocycles. The Morgan fingerprint density at radius 3 is 2.28 bits per heavy atom. The van der Waals surface area contributed by atoms with Gasteiger partial charge in [0.25, 0.3) is 5.91 Å². The quantitative estimate of drug-likeness (QED) is 0.465. The highest BCUT2D eigenvalue weighted by molar-refractivity contribution is 6.52. The van der Waals surface area contributed by atoms with Gasteiger partial charge in [-0.25, -0.2) is 8.78 Å². The molecule has 168 valence electrons. The Kier molecular flexibility index (Phi) is 6.04. The number of alkyl halides is 2. The first kappa shape index (κ1) is 22.8. The molecule has 0 aliphatic heterocycles. The molecule has 3 N–H and O–H groups in total. The SMILES string of the molecule is O=C(Nc1ccc(F)c(NC(=O)C2CC2)c1F)c1cc(NC(=O)[C@H]2CC2(Cl)Cl)ccc1Cl. The van der Waals surface area contributed by atoms with Gasteiger partial charge in [-0.05, 0) is 49.6 Å². The Balaban J connectivity index is 1.51. The predicted molar refractivity (Wildman–Crippen MR) is 118 cm³/mol. The van der Waals surface area contributed by atoms with E-state index in [4.69, 9.17) is 34.8 Å². The highest BCUT2D eigenvalue weighted by Gasteiger charge is 2.56. The van der Waals surface area contributed by atoms with E-state index in [0.29, 0.717) is 19.3 Å². The van der Waals surface area contributed by atoms with Gasteiger partial charge in [-0.15, -0.1) is 23.2 Å². The van der Waals surface area contributed by atoms with Gasteiger partial charge in [0.1, 0.15) is 15.8 Å². The molecule has 2 aromatic carbocycles. The molecule has 1 atom stereocenters. The lowest BCUT2D eigenvalue weighted by atomic mass is 10.1. The monoisotopic (exact) mass is 501 g/mol. The molecule has 0 radical (unpaired) electrons. The molecule has 32 heavy (non-hydrogen) atoms. The van der Waals surface area contributed by atoms with Crippen LogP contribution in [0.25, 0.3) is 0 Å². The summed E-state index contributed by atoms with van der Waals surface area (Å²) < 4.78 is 27.7. The molecule has 11 heteroatoms. The van der Waals surface area contributed by atoms with Crippen molar-refractivity contribution in [1.29, 1.82) is 0 Å². The summed E-state index contributed by atoms with van der Waals surface area (Å²) in [4.78, 5) is 36.8. The van der Waals surface area contributed by atoms with Gasteiger partial charge in [0, 0.05) is 11.6 Å². The summed E-state index contributed by atoms with van der Waals surface area (Å²) in [5.74, 6) is -4.62. The van der Waals surface area contributed by atoms with Crippen molar-refractivity contribution < 1.29 is 23.2 Å². The lowest BCUT2D eigenvalue weighted by molar-refractivity contribution is -0.118. The number of nitrogens with one attached hydrogen (secondary N) is 3. The van der Waals surface area contributed by atoms with Gasteiger partial charge < -0.3 is 16.0 Å². The van der Waals surface area contributed by atoms with Crippen LogP contribution in [0.5, 0.6) is 0 Å². The molecule has 0 bridgehead atoms. The van der Waals surface area contributed by atoms with E-state index in [9.17, 15) is 23.2 Å². The van der Waals surface area contributed by atoms with Crippen molar-refractivity contribution in [2.24, 2.45) is 11.8 Å². The molecule has 2 aromatic rings. The van der Waals surface area contributed by atoms with Crippen LogP contribution in [0.15, 0.2) is 30.3 Å². The van der Waals surface area contributed by atoms with Gasteiger partial charge in [0.15, 0.2) is 5.82 Å². The second-order valence-corrected chi connectivity index (χ2v) is 9.65. The summed E-state index contributed by atoms with van der Waals surface area (Å²) in [6.45, 7) is 0. The zero-order chi connectivity index (χ0) is 23.2. The summed E-state index contributed by atoms with van der Waals surface area (Å²) in [6.07, 6.45) is 1.63. The van der Waals surface area contributed by atoms with E-state index in [1.54, 1.807) is 0 Å². The summed E-state index contributed by atoms with van der Waals surface area (Å²) in [5, 5.41) is 7.17. The fourth-order valence-electron chi connectivity index (χ4n) is 3.03. The predicted octanol–water partition coefficient (Wildman–Crippen LogP) is 5.35. The second kappa shape index (κ2) is 8.50. The third-order valence-electron chi connectivity index (χ3n) is 5.16. The molecule has 6 nitrogen and oxygen atoms in total. The zero-order valence-electron chi connectivity index (χ0n) is 16.3. The third kappa shape index (κ3) is 4.82. The topological polar surface area (TPSA) is 87.3 Å². The van der Waals surface area contributed by atoms with Gasteiger partial charge in [-0.1, -0.05) is 11.6 Å². The van der Waals surface area contributed by atoms with Crippen molar-refractivity contribution in [3.8, 4) is 0 Å². The average Bonchev–Trinajstić information content (AvgIpc) is 3.65. The summed E-state index contributed by atoms with van der Waals surface area (Å²) in [5.41, 5.74) is -0.782. The van der Waals surface area contributed by atoms with Gasteiger partial charge >= 0.3 is 0 Å². The molecule has 0 aromatic heterocycles. The number of amides is 3. The molecule has 2 aliphatic rings. The highest BCUT2D eigenvalue weighted by atomic mass is 35.5. The van der Waals surface area contributed by atoms with Gasteiger partial charge in [0.05, 0.1) is 22.2 Å². The average molecular weight is 503 g/mol.